The van der Waals surface area contributed by atoms with E-state index in [2.05, 4.69) is 0 Å². The van der Waals surface area contributed by atoms with Gasteiger partial charge < -0.3 is 9.64 Å². The molecule has 1 saturated heterocycles. The Labute approximate surface area is 120 Å². The van der Waals surface area contributed by atoms with Gasteiger partial charge in [-0.25, -0.2) is 0 Å². The summed E-state index contributed by atoms with van der Waals surface area (Å²) in [5, 5.41) is 0. The van der Waals surface area contributed by atoms with Gasteiger partial charge >= 0.3 is 6.18 Å². The van der Waals surface area contributed by atoms with Gasteiger partial charge in [0.1, 0.15) is 11.9 Å². The van der Waals surface area contributed by atoms with Crippen molar-refractivity contribution in [3.05, 3.63) is 29.3 Å². The molecule has 21 heavy (non-hydrogen) atoms. The van der Waals surface area contributed by atoms with Gasteiger partial charge in [0.15, 0.2) is 0 Å². The topological polar surface area (TPSA) is 29.5 Å². The Bertz CT molecular complexity index is 557. The van der Waals surface area contributed by atoms with Crippen molar-refractivity contribution in [2.24, 2.45) is 5.41 Å². The SMILES string of the molecule is Cc1cc(OC2CC3(C2)CN(C=O)C3)ccc1C(F)(F)F. The zero-order valence-electron chi connectivity index (χ0n) is 11.6. The maximum Gasteiger partial charge on any atom is 0.416 e. The van der Waals surface area contributed by atoms with Crippen molar-refractivity contribution in [1.29, 1.82) is 0 Å². The fourth-order valence-corrected chi connectivity index (χ4v) is 3.36. The van der Waals surface area contributed by atoms with Gasteiger partial charge in [-0.1, -0.05) is 0 Å². The van der Waals surface area contributed by atoms with E-state index in [1.54, 1.807) is 4.90 Å². The first-order valence-corrected chi connectivity index (χ1v) is 6.85. The van der Waals surface area contributed by atoms with Crippen LogP contribution in [0, 0.1) is 12.3 Å². The van der Waals surface area contributed by atoms with Crippen LogP contribution in [0.25, 0.3) is 0 Å². The molecule has 0 unspecified atom stereocenters. The number of likely N-dealkylation sites (tertiary alicyclic amines) is 1. The minimum absolute atomic E-state index is 0.0370. The molecule has 1 amide bonds. The molecule has 0 N–H and O–H groups in total. The summed E-state index contributed by atoms with van der Waals surface area (Å²) in [6.07, 6.45) is -1.73. The summed E-state index contributed by atoms with van der Waals surface area (Å²) in [6.45, 7) is 2.97. The molecule has 1 aromatic rings. The third-order valence-corrected chi connectivity index (χ3v) is 4.35. The van der Waals surface area contributed by atoms with E-state index in [1.807, 2.05) is 0 Å². The van der Waals surface area contributed by atoms with Gasteiger partial charge in [0.05, 0.1) is 5.56 Å². The van der Waals surface area contributed by atoms with E-state index in [0.717, 1.165) is 38.4 Å². The van der Waals surface area contributed by atoms with Crippen LogP contribution in [-0.4, -0.2) is 30.5 Å². The first-order valence-electron chi connectivity index (χ1n) is 6.85. The van der Waals surface area contributed by atoms with Crippen molar-refractivity contribution in [2.75, 3.05) is 13.1 Å². The molecule has 1 aliphatic carbocycles. The van der Waals surface area contributed by atoms with Crippen molar-refractivity contribution in [3.63, 3.8) is 0 Å². The van der Waals surface area contributed by atoms with Gasteiger partial charge in [0.2, 0.25) is 6.41 Å². The number of carbonyl (C=O) groups is 1. The van der Waals surface area contributed by atoms with E-state index in [0.29, 0.717) is 5.75 Å². The summed E-state index contributed by atoms with van der Waals surface area (Å²) in [5.41, 5.74) is -0.266. The van der Waals surface area contributed by atoms with Gasteiger partial charge in [0, 0.05) is 18.5 Å². The molecule has 0 aromatic heterocycles. The number of hydrogen-bond donors (Lipinski definition) is 0. The van der Waals surface area contributed by atoms with Crippen LogP contribution in [0.2, 0.25) is 0 Å². The van der Waals surface area contributed by atoms with E-state index < -0.39 is 11.7 Å². The molecule has 1 heterocycles. The normalized spacial score (nSPS) is 20.9. The number of carbonyl (C=O) groups excluding carboxylic acids is 1. The Balaban J connectivity index is 1.58. The van der Waals surface area contributed by atoms with Crippen LogP contribution in [0.3, 0.4) is 0 Å². The van der Waals surface area contributed by atoms with Crippen LogP contribution in [0.15, 0.2) is 18.2 Å². The molecular formula is C15H16F3NO2. The lowest BCUT2D eigenvalue weighted by Gasteiger charge is -2.57. The highest BCUT2D eigenvalue weighted by molar-refractivity contribution is 5.49. The van der Waals surface area contributed by atoms with E-state index >= 15 is 0 Å². The lowest BCUT2D eigenvalue weighted by atomic mass is 9.62. The maximum atomic E-state index is 12.7. The summed E-state index contributed by atoms with van der Waals surface area (Å²) >= 11 is 0. The lowest BCUT2D eigenvalue weighted by molar-refractivity contribution is -0.147. The minimum Gasteiger partial charge on any atom is -0.490 e. The molecule has 3 nitrogen and oxygen atoms in total. The Kier molecular flexibility index (Phi) is 3.15. The number of ether oxygens (including phenoxy) is 1. The first kappa shape index (κ1) is 14.2. The second kappa shape index (κ2) is 4.64. The summed E-state index contributed by atoms with van der Waals surface area (Å²) in [6, 6.07) is 3.88. The number of alkyl halides is 3. The molecule has 2 fully saturated rings. The van der Waals surface area contributed by atoms with Crippen LogP contribution in [0.4, 0.5) is 13.2 Å². The Morgan fingerprint density at radius 1 is 1.33 bits per heavy atom. The number of hydrogen-bond acceptors (Lipinski definition) is 2. The third kappa shape index (κ3) is 2.59. The van der Waals surface area contributed by atoms with E-state index in [9.17, 15) is 18.0 Å². The monoisotopic (exact) mass is 299 g/mol. The van der Waals surface area contributed by atoms with Crippen molar-refractivity contribution < 1.29 is 22.7 Å². The number of rotatable bonds is 3. The summed E-state index contributed by atoms with van der Waals surface area (Å²) < 4.78 is 43.7. The van der Waals surface area contributed by atoms with Crippen LogP contribution in [0.5, 0.6) is 5.75 Å². The molecule has 3 rings (SSSR count). The van der Waals surface area contributed by atoms with Crippen molar-refractivity contribution in [1.82, 2.24) is 4.90 Å². The van der Waals surface area contributed by atoms with Gasteiger partial charge in [-0.05, 0) is 43.5 Å². The highest BCUT2D eigenvalue weighted by atomic mass is 19.4. The molecule has 1 spiro atoms. The number of nitrogens with zero attached hydrogens (tertiary/aromatic N) is 1. The van der Waals surface area contributed by atoms with Crippen LogP contribution < -0.4 is 4.74 Å². The Morgan fingerprint density at radius 2 is 2.00 bits per heavy atom. The van der Waals surface area contributed by atoms with Gasteiger partial charge in [0.25, 0.3) is 0 Å². The second-order valence-electron chi connectivity index (χ2n) is 6.13. The van der Waals surface area contributed by atoms with Crippen LogP contribution >= 0.6 is 0 Å². The number of benzene rings is 1. The third-order valence-electron chi connectivity index (χ3n) is 4.35. The molecular weight excluding hydrogens is 283 g/mol. The van der Waals surface area contributed by atoms with E-state index in [-0.39, 0.29) is 17.1 Å². The molecule has 1 saturated carbocycles. The minimum atomic E-state index is -4.33. The van der Waals surface area contributed by atoms with Crippen molar-refractivity contribution in [3.8, 4) is 5.75 Å². The second-order valence-corrected chi connectivity index (χ2v) is 6.13. The molecule has 2 aliphatic rings. The Hall–Kier alpha value is -1.72. The summed E-state index contributed by atoms with van der Waals surface area (Å²) in [7, 11) is 0. The van der Waals surface area contributed by atoms with Gasteiger partial charge in [-0.3, -0.25) is 4.79 Å². The standard InChI is InChI=1S/C15H16F3NO2/c1-10-4-11(2-3-13(10)15(16,17)18)21-12-5-14(6-12)7-19(8-14)9-20/h2-4,9,12H,5-8H2,1H3. The van der Waals surface area contributed by atoms with Gasteiger partial charge in [-0.2, -0.15) is 13.2 Å². The molecule has 1 aromatic carbocycles. The van der Waals surface area contributed by atoms with Crippen molar-refractivity contribution >= 4 is 6.41 Å². The maximum absolute atomic E-state index is 12.7. The first-order chi connectivity index (χ1) is 9.81. The molecule has 114 valence electrons. The smallest absolute Gasteiger partial charge is 0.416 e. The van der Waals surface area contributed by atoms with E-state index in [4.69, 9.17) is 4.74 Å². The van der Waals surface area contributed by atoms with E-state index in [1.165, 1.54) is 19.1 Å². The molecule has 0 radical (unpaired) electrons. The van der Waals surface area contributed by atoms with Crippen LogP contribution in [-0.2, 0) is 11.0 Å². The number of aryl methyl sites for hydroxylation is 1. The average Bonchev–Trinajstić information content (AvgIpc) is 2.28. The molecule has 0 bridgehead atoms. The highest BCUT2D eigenvalue weighted by Crippen LogP contribution is 2.49. The molecule has 0 atom stereocenters. The Morgan fingerprint density at radius 3 is 2.52 bits per heavy atom. The number of halogens is 3. The molecule has 1 aliphatic heterocycles. The fraction of sp³-hybridized carbons (Fsp3) is 0.533. The predicted molar refractivity (Wildman–Crippen MR) is 69.9 cm³/mol. The number of amides is 1. The predicted octanol–water partition coefficient (Wildman–Crippen LogP) is 3.01. The largest absolute Gasteiger partial charge is 0.490 e. The van der Waals surface area contributed by atoms with Crippen molar-refractivity contribution in [2.45, 2.75) is 32.0 Å². The summed E-state index contributed by atoms with van der Waals surface area (Å²) in [5.74, 6) is 0.479. The fourth-order valence-electron chi connectivity index (χ4n) is 3.36. The van der Waals surface area contributed by atoms with Crippen LogP contribution in [0.1, 0.15) is 24.0 Å². The van der Waals surface area contributed by atoms with Gasteiger partial charge in [-0.15, -0.1) is 0 Å². The average molecular weight is 299 g/mol. The quantitative estimate of drug-likeness (QED) is 0.803. The zero-order valence-corrected chi connectivity index (χ0v) is 11.6. The zero-order chi connectivity index (χ0) is 15.3. The lowest BCUT2D eigenvalue weighted by Crippen LogP contribution is -2.64. The summed E-state index contributed by atoms with van der Waals surface area (Å²) in [4.78, 5) is 12.3. The molecule has 6 heteroatoms. The highest BCUT2D eigenvalue weighted by Gasteiger charge is 2.53.